The Morgan fingerprint density at radius 1 is 1.06 bits per heavy atom. The molecule has 0 saturated heterocycles. The van der Waals surface area contributed by atoms with Gasteiger partial charge in [-0.15, -0.1) is 0 Å². The number of hydrogen-bond acceptors (Lipinski definition) is 2. The first-order valence-electron chi connectivity index (χ1n) is 11.2. The van der Waals surface area contributed by atoms with Crippen molar-refractivity contribution < 1.29 is 26.0 Å². The van der Waals surface area contributed by atoms with Crippen LogP contribution in [0.5, 0.6) is 0 Å². The third-order valence-corrected chi connectivity index (χ3v) is 8.07. The third kappa shape index (κ3) is 5.00. The number of alkyl halides is 3. The summed E-state index contributed by atoms with van der Waals surface area (Å²) in [5, 5.41) is 0.0731. The second kappa shape index (κ2) is 8.68. The topological polar surface area (TPSA) is 51.1 Å². The summed E-state index contributed by atoms with van der Waals surface area (Å²) >= 11 is 0. The lowest BCUT2D eigenvalue weighted by Crippen LogP contribution is -2.38. The molecule has 0 bridgehead atoms. The van der Waals surface area contributed by atoms with Crippen LogP contribution in [-0.2, 0) is 29.3 Å². The first-order chi connectivity index (χ1) is 15.8. The highest BCUT2D eigenvalue weighted by Crippen LogP contribution is 2.40. The average molecular weight is 497 g/mol. The summed E-state index contributed by atoms with van der Waals surface area (Å²) in [5.74, 6) is -0.791. The van der Waals surface area contributed by atoms with Crippen molar-refractivity contribution in [3.05, 3.63) is 59.5 Å². The molecule has 0 amide bonds. The molecular formula is C25H28F4N2O2S. The average Bonchev–Trinajstić information content (AvgIpc) is 2.98. The highest BCUT2D eigenvalue weighted by atomic mass is 32.2. The Hall–Kier alpha value is -2.39. The van der Waals surface area contributed by atoms with Crippen molar-refractivity contribution in [3.63, 3.8) is 0 Å². The fraction of sp³-hybridized carbons (Fsp3) is 0.440. The van der Waals surface area contributed by atoms with Crippen molar-refractivity contribution in [2.24, 2.45) is 5.41 Å². The minimum Gasteiger partial charge on any atom is -0.347 e. The molecule has 0 aliphatic heterocycles. The number of aromatic nitrogens is 1. The van der Waals surface area contributed by atoms with Crippen LogP contribution in [0.15, 0.2) is 42.6 Å². The third-order valence-electron chi connectivity index (χ3n) is 6.17. The van der Waals surface area contributed by atoms with Gasteiger partial charge in [0.1, 0.15) is 5.82 Å². The smallest absolute Gasteiger partial charge is 0.347 e. The highest BCUT2D eigenvalue weighted by Gasteiger charge is 2.34. The van der Waals surface area contributed by atoms with Gasteiger partial charge in [-0.25, -0.2) is 17.5 Å². The Balaban J connectivity index is 1.82. The fourth-order valence-electron chi connectivity index (χ4n) is 4.32. The normalized spacial score (nSPS) is 15.6. The molecule has 0 atom stereocenters. The number of rotatable bonds is 6. The Morgan fingerprint density at radius 2 is 1.74 bits per heavy atom. The van der Waals surface area contributed by atoms with Gasteiger partial charge in [-0.2, -0.15) is 13.2 Å². The van der Waals surface area contributed by atoms with E-state index in [9.17, 15) is 21.6 Å². The van der Waals surface area contributed by atoms with Crippen LogP contribution >= 0.6 is 0 Å². The van der Waals surface area contributed by atoms with Gasteiger partial charge in [0.05, 0.1) is 10.8 Å². The first kappa shape index (κ1) is 24.7. The maximum Gasteiger partial charge on any atom is 0.417 e. The van der Waals surface area contributed by atoms with Crippen LogP contribution in [0.25, 0.3) is 22.0 Å². The van der Waals surface area contributed by atoms with Crippen molar-refractivity contribution in [3.8, 4) is 11.1 Å². The van der Waals surface area contributed by atoms with Crippen LogP contribution < -0.4 is 4.72 Å². The summed E-state index contributed by atoms with van der Waals surface area (Å²) in [6.07, 6.45) is -0.742. The van der Waals surface area contributed by atoms with E-state index in [1.807, 2.05) is 25.3 Å². The molecule has 4 rings (SSSR count). The van der Waals surface area contributed by atoms with Crippen molar-refractivity contribution in [2.75, 3.05) is 0 Å². The Bertz CT molecular complexity index is 1320. The molecule has 1 N–H and O–H groups in total. The van der Waals surface area contributed by atoms with E-state index in [0.717, 1.165) is 12.5 Å². The number of nitrogens with zero attached hydrogens (tertiary/aromatic N) is 1. The van der Waals surface area contributed by atoms with Crippen molar-refractivity contribution in [1.82, 2.24) is 9.29 Å². The van der Waals surface area contributed by atoms with Crippen LogP contribution in [0.3, 0.4) is 0 Å². The molecule has 0 unspecified atom stereocenters. The zero-order chi connectivity index (χ0) is 24.9. The number of benzene rings is 2. The lowest BCUT2D eigenvalue weighted by molar-refractivity contribution is -0.137. The van der Waals surface area contributed by atoms with Crippen LogP contribution in [0.1, 0.15) is 51.2 Å². The predicted octanol–water partition coefficient (Wildman–Crippen LogP) is 6.48. The maximum absolute atomic E-state index is 15.3. The quantitative estimate of drug-likeness (QED) is 0.397. The molecule has 34 heavy (non-hydrogen) atoms. The van der Waals surface area contributed by atoms with Crippen molar-refractivity contribution in [1.29, 1.82) is 0 Å². The number of hydrogen-bond donors (Lipinski definition) is 1. The summed E-state index contributed by atoms with van der Waals surface area (Å²) in [6, 6.07) is 7.57. The predicted molar refractivity (Wildman–Crippen MR) is 125 cm³/mol. The van der Waals surface area contributed by atoms with Crippen LogP contribution in [0, 0.1) is 11.2 Å². The van der Waals surface area contributed by atoms with E-state index in [1.165, 1.54) is 30.3 Å². The van der Waals surface area contributed by atoms with E-state index in [4.69, 9.17) is 0 Å². The fourth-order valence-corrected chi connectivity index (χ4v) is 5.86. The summed E-state index contributed by atoms with van der Waals surface area (Å²) in [7, 11) is -3.48. The standard InChI is InChI=1S/C25H28F4N2O2S/c1-24(2,3)15-31-14-16(13-30-34(32,33)17-7-6-8-17)19-11-22(26)20(12-23(19)31)18-9-4-5-10-21(18)25(27,28)29/h4-5,9-12,14,17,30H,6-8,13,15H2,1-3H3. The molecule has 3 aromatic rings. The van der Waals surface area contributed by atoms with Crippen molar-refractivity contribution >= 4 is 20.9 Å². The SMILES string of the molecule is CC(C)(C)Cn1cc(CNS(=O)(=O)C2CCC2)c2cc(F)c(-c3ccccc3C(F)(F)F)cc21. The van der Waals surface area contributed by atoms with E-state index in [1.54, 1.807) is 6.20 Å². The van der Waals surface area contributed by atoms with E-state index >= 15 is 4.39 Å². The number of nitrogens with one attached hydrogen (secondary N) is 1. The first-order valence-corrected chi connectivity index (χ1v) is 12.8. The van der Waals surface area contributed by atoms with Gasteiger partial charge in [0, 0.05) is 35.8 Å². The van der Waals surface area contributed by atoms with Crippen molar-refractivity contribution in [2.45, 2.75) is 64.5 Å². The minimum atomic E-state index is -4.63. The number of fused-ring (bicyclic) bond motifs is 1. The zero-order valence-corrected chi connectivity index (χ0v) is 20.2. The second-order valence-corrected chi connectivity index (χ2v) is 12.2. The lowest BCUT2D eigenvalue weighted by atomic mass is 9.96. The minimum absolute atomic E-state index is 0.00952. The Labute approximate surface area is 197 Å². The summed E-state index contributed by atoms with van der Waals surface area (Å²) in [5.41, 5.74) is -0.318. The molecular weight excluding hydrogens is 468 g/mol. The monoisotopic (exact) mass is 496 g/mol. The van der Waals surface area contributed by atoms with E-state index in [0.29, 0.717) is 35.9 Å². The van der Waals surface area contributed by atoms with Gasteiger partial charge >= 0.3 is 6.18 Å². The molecule has 2 aromatic carbocycles. The largest absolute Gasteiger partial charge is 0.417 e. The Morgan fingerprint density at radius 3 is 2.32 bits per heavy atom. The molecule has 4 nitrogen and oxygen atoms in total. The highest BCUT2D eigenvalue weighted by molar-refractivity contribution is 7.90. The van der Waals surface area contributed by atoms with Gasteiger partial charge in [0.2, 0.25) is 10.0 Å². The summed E-state index contributed by atoms with van der Waals surface area (Å²) < 4.78 is 85.5. The number of halogens is 4. The van der Waals surface area contributed by atoms with E-state index in [-0.39, 0.29) is 23.1 Å². The number of sulfonamides is 1. The molecule has 1 saturated carbocycles. The van der Waals surface area contributed by atoms with Gasteiger partial charge in [-0.3, -0.25) is 0 Å². The van der Waals surface area contributed by atoms with E-state index in [2.05, 4.69) is 4.72 Å². The van der Waals surface area contributed by atoms with E-state index < -0.39 is 32.8 Å². The van der Waals surface area contributed by atoms with Crippen LogP contribution in [-0.4, -0.2) is 18.2 Å². The second-order valence-electron chi connectivity index (χ2n) is 10.2. The molecule has 1 aliphatic rings. The van der Waals surface area contributed by atoms with Gasteiger partial charge in [0.15, 0.2) is 0 Å². The molecule has 0 radical (unpaired) electrons. The van der Waals surface area contributed by atoms with Gasteiger partial charge < -0.3 is 4.57 Å². The van der Waals surface area contributed by atoms with Gasteiger partial charge in [0.25, 0.3) is 0 Å². The lowest BCUT2D eigenvalue weighted by Gasteiger charge is -2.25. The molecule has 1 fully saturated rings. The molecule has 1 aromatic heterocycles. The zero-order valence-electron chi connectivity index (χ0n) is 19.3. The molecule has 1 aliphatic carbocycles. The van der Waals surface area contributed by atoms with Gasteiger partial charge in [-0.05, 0) is 47.6 Å². The van der Waals surface area contributed by atoms with Crippen LogP contribution in [0.4, 0.5) is 17.6 Å². The maximum atomic E-state index is 15.3. The van der Waals surface area contributed by atoms with Crippen LogP contribution in [0.2, 0.25) is 0 Å². The molecule has 9 heteroatoms. The van der Waals surface area contributed by atoms with Gasteiger partial charge in [-0.1, -0.05) is 45.4 Å². The molecule has 1 heterocycles. The molecule has 184 valence electrons. The summed E-state index contributed by atoms with van der Waals surface area (Å²) in [6.45, 7) is 6.55. The summed E-state index contributed by atoms with van der Waals surface area (Å²) in [4.78, 5) is 0. The molecule has 0 spiro atoms. The Kier molecular flexibility index (Phi) is 6.31.